The molecule has 1 aromatic carbocycles. The standard InChI is InChI=1S/C9H10N2O2/c10-7-4-2-1-3-6(7)5-8(11)9(12)13/h1-5H,10-11H2,(H,12,13)/b8-5-. The monoisotopic (exact) mass is 178 g/mol. The largest absolute Gasteiger partial charge is 0.477 e. The maximum absolute atomic E-state index is 10.4. The Balaban J connectivity index is 3.04. The molecule has 0 unspecified atom stereocenters. The number of aliphatic carboxylic acids is 1. The summed E-state index contributed by atoms with van der Waals surface area (Å²) in [5.41, 5.74) is 11.7. The molecular formula is C9H10N2O2. The third-order valence-electron chi connectivity index (χ3n) is 1.55. The second-order valence-electron chi connectivity index (χ2n) is 2.53. The van der Waals surface area contributed by atoms with Crippen LogP contribution in [0.2, 0.25) is 0 Å². The van der Waals surface area contributed by atoms with Crippen molar-refractivity contribution in [1.82, 2.24) is 0 Å². The van der Waals surface area contributed by atoms with Gasteiger partial charge in [-0.2, -0.15) is 0 Å². The molecule has 0 bridgehead atoms. The lowest BCUT2D eigenvalue weighted by atomic mass is 10.1. The molecular weight excluding hydrogens is 168 g/mol. The van der Waals surface area contributed by atoms with Gasteiger partial charge in [-0.1, -0.05) is 18.2 Å². The highest BCUT2D eigenvalue weighted by Crippen LogP contribution is 2.12. The highest BCUT2D eigenvalue weighted by atomic mass is 16.4. The Morgan fingerprint density at radius 1 is 1.38 bits per heavy atom. The summed E-state index contributed by atoms with van der Waals surface area (Å²) in [6.45, 7) is 0. The first kappa shape index (κ1) is 9.12. The third kappa shape index (κ3) is 2.23. The second-order valence-corrected chi connectivity index (χ2v) is 2.53. The Labute approximate surface area is 75.5 Å². The van der Waals surface area contributed by atoms with E-state index in [4.69, 9.17) is 16.6 Å². The topological polar surface area (TPSA) is 89.3 Å². The fourth-order valence-electron chi connectivity index (χ4n) is 0.872. The number of para-hydroxylation sites is 1. The number of carbonyl (C=O) groups is 1. The fourth-order valence-corrected chi connectivity index (χ4v) is 0.872. The van der Waals surface area contributed by atoms with Gasteiger partial charge in [0.1, 0.15) is 5.70 Å². The predicted molar refractivity (Wildman–Crippen MR) is 50.7 cm³/mol. The second kappa shape index (κ2) is 3.62. The van der Waals surface area contributed by atoms with E-state index in [1.54, 1.807) is 24.3 Å². The summed E-state index contributed by atoms with van der Waals surface area (Å²) in [6, 6.07) is 6.91. The molecule has 0 spiro atoms. The van der Waals surface area contributed by atoms with Crippen LogP contribution in [0.5, 0.6) is 0 Å². The van der Waals surface area contributed by atoms with Crippen molar-refractivity contribution >= 4 is 17.7 Å². The van der Waals surface area contributed by atoms with Crippen LogP contribution in [0.4, 0.5) is 5.69 Å². The van der Waals surface area contributed by atoms with E-state index in [0.717, 1.165) is 0 Å². The lowest BCUT2D eigenvalue weighted by Crippen LogP contribution is -2.09. The fraction of sp³-hybridized carbons (Fsp3) is 0. The smallest absolute Gasteiger partial charge is 0.351 e. The van der Waals surface area contributed by atoms with Gasteiger partial charge in [0.05, 0.1) is 0 Å². The van der Waals surface area contributed by atoms with Crippen LogP contribution in [0.25, 0.3) is 6.08 Å². The zero-order chi connectivity index (χ0) is 9.84. The van der Waals surface area contributed by atoms with E-state index in [1.165, 1.54) is 6.08 Å². The van der Waals surface area contributed by atoms with E-state index in [2.05, 4.69) is 0 Å². The Hall–Kier alpha value is -1.97. The number of anilines is 1. The molecule has 0 heterocycles. The predicted octanol–water partition coefficient (Wildman–Crippen LogP) is 0.653. The van der Waals surface area contributed by atoms with E-state index < -0.39 is 5.97 Å². The summed E-state index contributed by atoms with van der Waals surface area (Å²) in [5.74, 6) is -1.15. The normalized spacial score (nSPS) is 11.2. The van der Waals surface area contributed by atoms with Crippen molar-refractivity contribution in [2.24, 2.45) is 5.73 Å². The van der Waals surface area contributed by atoms with Gasteiger partial charge in [-0.25, -0.2) is 4.79 Å². The Morgan fingerprint density at radius 2 is 2.00 bits per heavy atom. The Morgan fingerprint density at radius 3 is 2.54 bits per heavy atom. The zero-order valence-electron chi connectivity index (χ0n) is 6.90. The van der Waals surface area contributed by atoms with Gasteiger partial charge < -0.3 is 16.6 Å². The molecule has 5 N–H and O–H groups in total. The first-order valence-electron chi connectivity index (χ1n) is 3.66. The van der Waals surface area contributed by atoms with Crippen molar-refractivity contribution in [2.75, 3.05) is 5.73 Å². The number of nitrogens with two attached hydrogens (primary N) is 2. The number of hydrogen-bond acceptors (Lipinski definition) is 3. The number of rotatable bonds is 2. The van der Waals surface area contributed by atoms with Crippen molar-refractivity contribution in [3.8, 4) is 0 Å². The van der Waals surface area contributed by atoms with Gasteiger partial charge in [-0.3, -0.25) is 0 Å². The molecule has 0 amide bonds. The number of carboxylic acid groups (broad SMARTS) is 1. The molecule has 0 radical (unpaired) electrons. The summed E-state index contributed by atoms with van der Waals surface area (Å²) in [5, 5.41) is 8.50. The van der Waals surface area contributed by atoms with Crippen LogP contribution in [0.3, 0.4) is 0 Å². The molecule has 4 nitrogen and oxygen atoms in total. The minimum atomic E-state index is -1.15. The van der Waals surface area contributed by atoms with Crippen LogP contribution in [-0.2, 0) is 4.79 Å². The average molecular weight is 178 g/mol. The van der Waals surface area contributed by atoms with Crippen LogP contribution in [0.15, 0.2) is 30.0 Å². The number of nitrogen functional groups attached to an aromatic ring is 1. The average Bonchev–Trinajstić information content (AvgIpc) is 2.08. The minimum Gasteiger partial charge on any atom is -0.477 e. The van der Waals surface area contributed by atoms with Crippen LogP contribution in [0, 0.1) is 0 Å². The molecule has 13 heavy (non-hydrogen) atoms. The van der Waals surface area contributed by atoms with Crippen molar-refractivity contribution in [1.29, 1.82) is 0 Å². The number of hydrogen-bond donors (Lipinski definition) is 3. The molecule has 0 fully saturated rings. The van der Waals surface area contributed by atoms with Gasteiger partial charge in [0.2, 0.25) is 0 Å². The molecule has 0 aliphatic carbocycles. The lowest BCUT2D eigenvalue weighted by molar-refractivity contribution is -0.132. The molecule has 0 aliphatic rings. The third-order valence-corrected chi connectivity index (χ3v) is 1.55. The molecule has 4 heteroatoms. The molecule has 0 saturated carbocycles. The molecule has 1 rings (SSSR count). The zero-order valence-corrected chi connectivity index (χ0v) is 6.90. The molecule has 0 saturated heterocycles. The van der Waals surface area contributed by atoms with Crippen molar-refractivity contribution in [3.63, 3.8) is 0 Å². The molecule has 0 aromatic heterocycles. The minimum absolute atomic E-state index is 0.224. The van der Waals surface area contributed by atoms with Gasteiger partial charge in [-0.05, 0) is 17.7 Å². The van der Waals surface area contributed by atoms with Crippen LogP contribution in [0.1, 0.15) is 5.56 Å². The summed E-state index contributed by atoms with van der Waals surface area (Å²) >= 11 is 0. The summed E-state index contributed by atoms with van der Waals surface area (Å²) in [6.07, 6.45) is 1.33. The van der Waals surface area contributed by atoms with Gasteiger partial charge in [0, 0.05) is 5.69 Å². The Kier molecular flexibility index (Phi) is 2.54. The van der Waals surface area contributed by atoms with Crippen molar-refractivity contribution in [2.45, 2.75) is 0 Å². The van der Waals surface area contributed by atoms with Crippen LogP contribution < -0.4 is 11.5 Å². The summed E-state index contributed by atoms with van der Waals surface area (Å²) in [7, 11) is 0. The summed E-state index contributed by atoms with van der Waals surface area (Å²) < 4.78 is 0. The quantitative estimate of drug-likeness (QED) is 0.458. The van der Waals surface area contributed by atoms with E-state index in [0.29, 0.717) is 11.3 Å². The van der Waals surface area contributed by atoms with E-state index in [1.807, 2.05) is 0 Å². The molecule has 68 valence electrons. The van der Waals surface area contributed by atoms with Gasteiger partial charge >= 0.3 is 5.97 Å². The molecule has 0 atom stereocenters. The van der Waals surface area contributed by atoms with Gasteiger partial charge in [0.25, 0.3) is 0 Å². The molecule has 1 aromatic rings. The maximum Gasteiger partial charge on any atom is 0.351 e. The highest BCUT2D eigenvalue weighted by molar-refractivity contribution is 5.92. The number of benzene rings is 1. The van der Waals surface area contributed by atoms with Gasteiger partial charge in [0.15, 0.2) is 0 Å². The van der Waals surface area contributed by atoms with E-state index in [-0.39, 0.29) is 5.70 Å². The molecule has 0 aliphatic heterocycles. The first-order valence-corrected chi connectivity index (χ1v) is 3.66. The van der Waals surface area contributed by atoms with E-state index in [9.17, 15) is 4.79 Å². The van der Waals surface area contributed by atoms with Crippen LogP contribution in [-0.4, -0.2) is 11.1 Å². The van der Waals surface area contributed by atoms with Crippen molar-refractivity contribution in [3.05, 3.63) is 35.5 Å². The van der Waals surface area contributed by atoms with Gasteiger partial charge in [-0.15, -0.1) is 0 Å². The number of carboxylic acids is 1. The van der Waals surface area contributed by atoms with Crippen molar-refractivity contribution < 1.29 is 9.90 Å². The lowest BCUT2D eigenvalue weighted by Gasteiger charge is -1.99. The summed E-state index contributed by atoms with van der Waals surface area (Å²) in [4.78, 5) is 10.4. The maximum atomic E-state index is 10.4. The first-order chi connectivity index (χ1) is 6.11. The van der Waals surface area contributed by atoms with Crippen LogP contribution >= 0.6 is 0 Å². The highest BCUT2D eigenvalue weighted by Gasteiger charge is 2.01. The Bertz CT molecular complexity index is 358. The SMILES string of the molecule is N/C(=C\c1ccccc1N)C(=O)O. The van der Waals surface area contributed by atoms with E-state index >= 15 is 0 Å².